The van der Waals surface area contributed by atoms with Crippen LogP contribution >= 0.6 is 11.8 Å². The summed E-state index contributed by atoms with van der Waals surface area (Å²) in [5, 5.41) is 8.98. The van der Waals surface area contributed by atoms with Crippen LogP contribution in [0.25, 0.3) is 5.69 Å². The number of anilines is 1. The van der Waals surface area contributed by atoms with E-state index in [-0.39, 0.29) is 11.9 Å². The van der Waals surface area contributed by atoms with E-state index in [1.807, 2.05) is 27.7 Å². The van der Waals surface area contributed by atoms with Gasteiger partial charge in [-0.15, -0.1) is 10.2 Å². The number of para-hydroxylation sites is 1. The molecule has 0 aliphatic carbocycles. The van der Waals surface area contributed by atoms with Crippen LogP contribution in [-0.4, -0.2) is 32.5 Å². The minimum atomic E-state index is 0.104. The van der Waals surface area contributed by atoms with Gasteiger partial charge in [-0.1, -0.05) is 36.0 Å². The van der Waals surface area contributed by atoms with E-state index in [4.69, 9.17) is 0 Å². The molecule has 1 aromatic heterocycles. The fourth-order valence-corrected chi connectivity index (χ4v) is 4.30. The summed E-state index contributed by atoms with van der Waals surface area (Å²) in [7, 11) is 0. The van der Waals surface area contributed by atoms with Crippen molar-refractivity contribution in [2.24, 2.45) is 0 Å². The highest BCUT2D eigenvalue weighted by Gasteiger charge is 2.30. The van der Waals surface area contributed by atoms with Gasteiger partial charge in [0, 0.05) is 17.4 Å². The molecule has 1 amide bonds. The van der Waals surface area contributed by atoms with Crippen molar-refractivity contribution < 1.29 is 4.79 Å². The normalized spacial score (nSPS) is 15.8. The van der Waals surface area contributed by atoms with Crippen LogP contribution in [0.15, 0.2) is 53.9 Å². The summed E-state index contributed by atoms with van der Waals surface area (Å²) in [5.41, 5.74) is 5.75. The number of amides is 1. The van der Waals surface area contributed by atoms with Crippen molar-refractivity contribution in [3.05, 3.63) is 65.5 Å². The lowest BCUT2D eigenvalue weighted by molar-refractivity contribution is -0.116. The largest absolute Gasteiger partial charge is 0.308 e. The second-order valence-corrected chi connectivity index (χ2v) is 7.93. The van der Waals surface area contributed by atoms with Crippen LogP contribution in [0, 0.1) is 13.8 Å². The highest BCUT2D eigenvalue weighted by atomic mass is 32.2. The molecule has 0 saturated carbocycles. The van der Waals surface area contributed by atoms with Crippen molar-refractivity contribution >= 4 is 23.4 Å². The molecule has 27 heavy (non-hydrogen) atoms. The Bertz CT molecular complexity index is 997. The van der Waals surface area contributed by atoms with Crippen molar-refractivity contribution in [2.45, 2.75) is 38.4 Å². The van der Waals surface area contributed by atoms with Crippen LogP contribution in [0.3, 0.4) is 0 Å². The third-order valence-electron chi connectivity index (χ3n) is 5.09. The number of aryl methyl sites for hydroxylation is 2. The fraction of sp³-hybridized carbons (Fsp3) is 0.286. The van der Waals surface area contributed by atoms with E-state index >= 15 is 0 Å². The number of hydrogen-bond acceptors (Lipinski definition) is 4. The maximum absolute atomic E-state index is 12.9. The van der Waals surface area contributed by atoms with Crippen molar-refractivity contribution in [1.82, 2.24) is 14.8 Å². The van der Waals surface area contributed by atoms with Gasteiger partial charge < -0.3 is 4.90 Å². The Morgan fingerprint density at radius 2 is 2.00 bits per heavy atom. The molecule has 1 atom stereocenters. The minimum Gasteiger partial charge on any atom is -0.308 e. The molecule has 0 bridgehead atoms. The molecule has 6 heteroatoms. The first-order chi connectivity index (χ1) is 13.0. The Labute approximate surface area is 163 Å². The SMILES string of the molecule is Cc1ccc(-n2cnnc2SCC(=O)N2c3ccccc3CC2C)cc1C. The van der Waals surface area contributed by atoms with Crippen LogP contribution in [-0.2, 0) is 11.2 Å². The lowest BCUT2D eigenvalue weighted by atomic mass is 10.1. The number of nitrogens with zero attached hydrogens (tertiary/aromatic N) is 4. The van der Waals surface area contributed by atoms with Crippen molar-refractivity contribution in [3.63, 3.8) is 0 Å². The summed E-state index contributed by atoms with van der Waals surface area (Å²) >= 11 is 1.43. The van der Waals surface area contributed by atoms with Crippen LogP contribution in [0.1, 0.15) is 23.6 Å². The molecule has 5 nitrogen and oxygen atoms in total. The zero-order valence-corrected chi connectivity index (χ0v) is 16.5. The molecule has 0 N–H and O–H groups in total. The summed E-state index contributed by atoms with van der Waals surface area (Å²) in [4.78, 5) is 14.8. The van der Waals surface area contributed by atoms with Gasteiger partial charge in [-0.05, 0) is 62.1 Å². The standard InChI is InChI=1S/C21H22N4OS/c1-14-8-9-18(10-15(14)2)24-13-22-23-21(24)27-12-20(26)25-16(3)11-17-6-4-5-7-19(17)25/h4-10,13,16H,11-12H2,1-3H3. The van der Waals surface area contributed by atoms with Gasteiger partial charge in [0.2, 0.25) is 5.91 Å². The van der Waals surface area contributed by atoms with E-state index < -0.39 is 0 Å². The summed E-state index contributed by atoms with van der Waals surface area (Å²) in [6.07, 6.45) is 2.61. The molecule has 0 fully saturated rings. The molecule has 0 spiro atoms. The molecule has 3 aromatic rings. The molecule has 1 unspecified atom stereocenters. The van der Waals surface area contributed by atoms with Gasteiger partial charge in [0.1, 0.15) is 6.33 Å². The third kappa shape index (κ3) is 3.37. The smallest absolute Gasteiger partial charge is 0.237 e. The highest BCUT2D eigenvalue weighted by molar-refractivity contribution is 7.99. The van der Waals surface area contributed by atoms with Gasteiger partial charge in [-0.3, -0.25) is 9.36 Å². The molecule has 4 rings (SSSR count). The molecule has 138 valence electrons. The zero-order valence-electron chi connectivity index (χ0n) is 15.7. The Morgan fingerprint density at radius 3 is 2.81 bits per heavy atom. The molecule has 1 aliphatic rings. The number of rotatable bonds is 4. The molecular weight excluding hydrogens is 356 g/mol. The number of fused-ring (bicyclic) bond motifs is 1. The van der Waals surface area contributed by atoms with Gasteiger partial charge in [0.25, 0.3) is 0 Å². The molecule has 1 aliphatic heterocycles. The quantitative estimate of drug-likeness (QED) is 0.645. The maximum Gasteiger partial charge on any atom is 0.237 e. The maximum atomic E-state index is 12.9. The van der Waals surface area contributed by atoms with E-state index in [1.165, 1.54) is 28.5 Å². The predicted molar refractivity (Wildman–Crippen MR) is 109 cm³/mol. The fourth-order valence-electron chi connectivity index (χ4n) is 3.52. The lowest BCUT2D eigenvalue weighted by Gasteiger charge is -2.22. The van der Waals surface area contributed by atoms with Crippen LogP contribution in [0.5, 0.6) is 0 Å². The number of hydrogen-bond donors (Lipinski definition) is 0. The predicted octanol–water partition coefficient (Wildman–Crippen LogP) is 3.95. The summed E-state index contributed by atoms with van der Waals surface area (Å²) in [6, 6.07) is 14.6. The third-order valence-corrected chi connectivity index (χ3v) is 6.01. The molecule has 0 saturated heterocycles. The van der Waals surface area contributed by atoms with Gasteiger partial charge in [-0.2, -0.15) is 0 Å². The monoisotopic (exact) mass is 378 g/mol. The van der Waals surface area contributed by atoms with Crippen molar-refractivity contribution in [1.29, 1.82) is 0 Å². The minimum absolute atomic E-state index is 0.104. The Kier molecular flexibility index (Phi) is 4.74. The van der Waals surface area contributed by atoms with E-state index in [0.717, 1.165) is 23.0 Å². The van der Waals surface area contributed by atoms with E-state index in [1.54, 1.807) is 6.33 Å². The first-order valence-electron chi connectivity index (χ1n) is 9.05. The lowest BCUT2D eigenvalue weighted by Crippen LogP contribution is -2.37. The molecule has 0 radical (unpaired) electrons. The molecule has 2 heterocycles. The van der Waals surface area contributed by atoms with Gasteiger partial charge in [0.15, 0.2) is 5.16 Å². The Morgan fingerprint density at radius 1 is 1.19 bits per heavy atom. The number of carbonyl (C=O) groups is 1. The number of aromatic nitrogens is 3. The van der Waals surface area contributed by atoms with E-state index in [0.29, 0.717) is 5.75 Å². The number of thioether (sulfide) groups is 1. The van der Waals surface area contributed by atoms with Gasteiger partial charge in [0.05, 0.1) is 5.75 Å². The zero-order chi connectivity index (χ0) is 19.0. The topological polar surface area (TPSA) is 51.0 Å². The van der Waals surface area contributed by atoms with E-state index in [9.17, 15) is 4.79 Å². The number of benzene rings is 2. The first kappa shape index (κ1) is 17.8. The van der Waals surface area contributed by atoms with Gasteiger partial charge in [-0.25, -0.2) is 0 Å². The van der Waals surface area contributed by atoms with Gasteiger partial charge >= 0.3 is 0 Å². The highest BCUT2D eigenvalue weighted by Crippen LogP contribution is 2.33. The summed E-state index contributed by atoms with van der Waals surface area (Å²) in [6.45, 7) is 6.28. The van der Waals surface area contributed by atoms with Crippen LogP contribution in [0.2, 0.25) is 0 Å². The first-order valence-corrected chi connectivity index (χ1v) is 10.0. The van der Waals surface area contributed by atoms with Crippen LogP contribution < -0.4 is 4.90 Å². The molecule has 2 aromatic carbocycles. The summed E-state index contributed by atoms with van der Waals surface area (Å²) in [5.74, 6) is 0.439. The van der Waals surface area contributed by atoms with Crippen molar-refractivity contribution in [2.75, 3.05) is 10.7 Å². The Balaban J connectivity index is 1.51. The average Bonchev–Trinajstić information content (AvgIpc) is 3.25. The average molecular weight is 379 g/mol. The van der Waals surface area contributed by atoms with E-state index in [2.05, 4.69) is 55.2 Å². The summed E-state index contributed by atoms with van der Waals surface area (Å²) < 4.78 is 1.94. The van der Waals surface area contributed by atoms with Crippen molar-refractivity contribution in [3.8, 4) is 5.69 Å². The second kappa shape index (κ2) is 7.19. The second-order valence-electron chi connectivity index (χ2n) is 6.99. The molecular formula is C21H22N4OS. The Hall–Kier alpha value is -2.60. The van der Waals surface area contributed by atoms with Crippen LogP contribution in [0.4, 0.5) is 5.69 Å². The number of carbonyl (C=O) groups excluding carboxylic acids is 1.